The number of ether oxygens (including phenoxy) is 3. The number of rotatable bonds is 7. The normalized spacial score (nSPS) is 12.3. The molecule has 0 bridgehead atoms. The molecule has 2 aromatic carbocycles. The van der Waals surface area contributed by atoms with Crippen molar-refractivity contribution in [3.63, 3.8) is 0 Å². The van der Waals surface area contributed by atoms with Crippen LogP contribution in [0.25, 0.3) is 6.08 Å². The average Bonchev–Trinajstić information content (AvgIpc) is 3.10. The quantitative estimate of drug-likeness (QED) is 0.396. The molecule has 0 radical (unpaired) electrons. The van der Waals surface area contributed by atoms with Gasteiger partial charge in [-0.1, -0.05) is 18.2 Å². The molecule has 1 aliphatic heterocycles. The highest BCUT2D eigenvalue weighted by Crippen LogP contribution is 2.31. The second-order valence-corrected chi connectivity index (χ2v) is 8.15. The molecule has 3 aromatic rings. The van der Waals surface area contributed by atoms with Crippen LogP contribution in [0, 0.1) is 31.0 Å². The van der Waals surface area contributed by atoms with E-state index in [0.29, 0.717) is 53.8 Å². The fraction of sp³-hybridized carbons (Fsp3) is 0.222. The summed E-state index contributed by atoms with van der Waals surface area (Å²) >= 11 is 0. The molecule has 2 heterocycles. The van der Waals surface area contributed by atoms with Crippen LogP contribution in [-0.4, -0.2) is 36.3 Å². The number of hydrogen-bond acceptors (Lipinski definition) is 6. The SMILES string of the molecule is Cc1c(C#N)c(NC(=O)COC(=O)/C=C/c2ccc3c(c2)OCCO3)n(Cc2ccc(F)cc2)c1C. The minimum Gasteiger partial charge on any atom is -0.486 e. The standard InChI is InChI=1S/C27H24FN3O5/c1-17-18(2)31(15-20-3-7-21(28)8-4-20)27(22(17)14-29)30-25(32)16-36-26(33)10-6-19-5-9-23-24(13-19)35-12-11-34-23/h3-10,13H,11-12,15-16H2,1-2H3,(H,30,32)/b10-6+. The maximum Gasteiger partial charge on any atom is 0.331 e. The fourth-order valence-corrected chi connectivity index (χ4v) is 3.78. The number of nitriles is 1. The molecule has 0 atom stereocenters. The van der Waals surface area contributed by atoms with Gasteiger partial charge in [-0.3, -0.25) is 4.79 Å². The van der Waals surface area contributed by atoms with Gasteiger partial charge in [0.1, 0.15) is 30.9 Å². The van der Waals surface area contributed by atoms with E-state index in [-0.39, 0.29) is 5.82 Å². The summed E-state index contributed by atoms with van der Waals surface area (Å²) in [7, 11) is 0. The molecule has 0 saturated heterocycles. The van der Waals surface area contributed by atoms with Gasteiger partial charge in [0.15, 0.2) is 18.1 Å². The maximum absolute atomic E-state index is 13.3. The van der Waals surface area contributed by atoms with Crippen molar-refractivity contribution >= 4 is 23.8 Å². The highest BCUT2D eigenvalue weighted by atomic mass is 19.1. The summed E-state index contributed by atoms with van der Waals surface area (Å²) in [6.07, 6.45) is 2.76. The van der Waals surface area contributed by atoms with E-state index in [1.54, 1.807) is 47.9 Å². The van der Waals surface area contributed by atoms with Crippen molar-refractivity contribution in [2.24, 2.45) is 0 Å². The third kappa shape index (κ3) is 5.55. The summed E-state index contributed by atoms with van der Waals surface area (Å²) in [6, 6.07) is 13.4. The van der Waals surface area contributed by atoms with Gasteiger partial charge in [0.2, 0.25) is 0 Å². The Morgan fingerprint density at radius 1 is 1.14 bits per heavy atom. The monoisotopic (exact) mass is 489 g/mol. The topological polar surface area (TPSA) is 103 Å². The van der Waals surface area contributed by atoms with E-state index in [1.807, 2.05) is 6.92 Å². The maximum atomic E-state index is 13.3. The molecular formula is C27H24FN3O5. The summed E-state index contributed by atoms with van der Waals surface area (Å²) in [6.45, 7) is 4.35. The Hall–Kier alpha value is -4.58. The lowest BCUT2D eigenvalue weighted by Gasteiger charge is -2.18. The number of fused-ring (bicyclic) bond motifs is 1. The summed E-state index contributed by atoms with van der Waals surface area (Å²) in [5.41, 5.74) is 3.32. The van der Waals surface area contributed by atoms with Crippen molar-refractivity contribution in [2.75, 3.05) is 25.1 Å². The number of anilines is 1. The van der Waals surface area contributed by atoms with Crippen LogP contribution >= 0.6 is 0 Å². The highest BCUT2D eigenvalue weighted by molar-refractivity contribution is 5.95. The first-order chi connectivity index (χ1) is 17.4. The van der Waals surface area contributed by atoms with Gasteiger partial charge < -0.3 is 24.1 Å². The zero-order chi connectivity index (χ0) is 25.7. The molecule has 1 N–H and O–H groups in total. The molecule has 184 valence electrons. The van der Waals surface area contributed by atoms with Crippen LogP contribution in [0.1, 0.15) is 27.9 Å². The van der Waals surface area contributed by atoms with Gasteiger partial charge in [0.25, 0.3) is 5.91 Å². The van der Waals surface area contributed by atoms with E-state index in [4.69, 9.17) is 14.2 Å². The fourth-order valence-electron chi connectivity index (χ4n) is 3.78. The molecule has 4 rings (SSSR count). The third-order valence-corrected chi connectivity index (χ3v) is 5.78. The summed E-state index contributed by atoms with van der Waals surface area (Å²) in [4.78, 5) is 24.7. The molecule has 0 saturated carbocycles. The number of hydrogen-bond donors (Lipinski definition) is 1. The number of aromatic nitrogens is 1. The van der Waals surface area contributed by atoms with Gasteiger partial charge in [0, 0.05) is 18.3 Å². The first-order valence-electron chi connectivity index (χ1n) is 11.2. The Morgan fingerprint density at radius 2 is 1.86 bits per heavy atom. The molecule has 0 fully saturated rings. The van der Waals surface area contributed by atoms with Gasteiger partial charge in [-0.25, -0.2) is 9.18 Å². The number of amides is 1. The number of carbonyl (C=O) groups excluding carboxylic acids is 2. The lowest BCUT2D eigenvalue weighted by atomic mass is 10.2. The van der Waals surface area contributed by atoms with Gasteiger partial charge >= 0.3 is 5.97 Å². The lowest BCUT2D eigenvalue weighted by Crippen LogP contribution is -2.22. The van der Waals surface area contributed by atoms with Crippen LogP contribution < -0.4 is 14.8 Å². The second-order valence-electron chi connectivity index (χ2n) is 8.15. The van der Waals surface area contributed by atoms with Crippen LogP contribution in [0.3, 0.4) is 0 Å². The molecule has 1 aromatic heterocycles. The Labute approximate surface area is 207 Å². The number of carbonyl (C=O) groups is 2. The van der Waals surface area contributed by atoms with Crippen molar-refractivity contribution in [1.82, 2.24) is 4.57 Å². The van der Waals surface area contributed by atoms with E-state index in [1.165, 1.54) is 18.2 Å². The van der Waals surface area contributed by atoms with Crippen molar-refractivity contribution < 1.29 is 28.2 Å². The lowest BCUT2D eigenvalue weighted by molar-refractivity contribution is -0.142. The summed E-state index contributed by atoms with van der Waals surface area (Å²) in [5, 5.41) is 12.3. The number of nitrogens with one attached hydrogen (secondary N) is 1. The molecule has 0 aliphatic carbocycles. The summed E-state index contributed by atoms with van der Waals surface area (Å²) in [5.74, 6) is -0.109. The Kier molecular flexibility index (Phi) is 7.35. The van der Waals surface area contributed by atoms with E-state index < -0.39 is 18.5 Å². The second kappa shape index (κ2) is 10.8. The molecule has 36 heavy (non-hydrogen) atoms. The van der Waals surface area contributed by atoms with Crippen LogP contribution in [0.5, 0.6) is 11.5 Å². The molecular weight excluding hydrogens is 465 g/mol. The minimum atomic E-state index is -0.699. The first kappa shape index (κ1) is 24.5. The zero-order valence-corrected chi connectivity index (χ0v) is 19.8. The smallest absolute Gasteiger partial charge is 0.331 e. The number of benzene rings is 2. The Morgan fingerprint density at radius 3 is 2.58 bits per heavy atom. The van der Waals surface area contributed by atoms with Crippen molar-refractivity contribution in [3.8, 4) is 17.6 Å². The average molecular weight is 490 g/mol. The van der Waals surface area contributed by atoms with E-state index >= 15 is 0 Å². The molecule has 0 spiro atoms. The molecule has 1 amide bonds. The Bertz CT molecular complexity index is 1370. The number of halogens is 1. The van der Waals surface area contributed by atoms with Crippen molar-refractivity contribution in [2.45, 2.75) is 20.4 Å². The van der Waals surface area contributed by atoms with E-state index in [0.717, 1.165) is 11.3 Å². The van der Waals surface area contributed by atoms with Crippen LogP contribution in [0.4, 0.5) is 10.2 Å². The zero-order valence-electron chi connectivity index (χ0n) is 19.8. The Balaban J connectivity index is 1.40. The van der Waals surface area contributed by atoms with Crippen molar-refractivity contribution in [3.05, 3.63) is 82.3 Å². The van der Waals surface area contributed by atoms with Crippen LogP contribution in [0.2, 0.25) is 0 Å². The third-order valence-electron chi connectivity index (χ3n) is 5.78. The first-order valence-corrected chi connectivity index (χ1v) is 11.2. The molecule has 8 nitrogen and oxygen atoms in total. The van der Waals surface area contributed by atoms with E-state index in [2.05, 4.69) is 11.4 Å². The molecule has 0 unspecified atom stereocenters. The van der Waals surface area contributed by atoms with E-state index in [9.17, 15) is 19.2 Å². The highest BCUT2D eigenvalue weighted by Gasteiger charge is 2.20. The van der Waals surface area contributed by atoms with Crippen LogP contribution in [-0.2, 0) is 20.9 Å². The number of nitrogens with zero attached hydrogens (tertiary/aromatic N) is 2. The van der Waals surface area contributed by atoms with Gasteiger partial charge in [-0.15, -0.1) is 0 Å². The predicted molar refractivity (Wildman–Crippen MR) is 130 cm³/mol. The summed E-state index contributed by atoms with van der Waals surface area (Å²) < 4.78 is 31.1. The largest absolute Gasteiger partial charge is 0.486 e. The van der Waals surface area contributed by atoms with Crippen molar-refractivity contribution in [1.29, 1.82) is 5.26 Å². The number of esters is 1. The molecule has 9 heteroatoms. The predicted octanol–water partition coefficient (Wildman–Crippen LogP) is 4.13. The minimum absolute atomic E-state index is 0.296. The van der Waals surface area contributed by atoms with Gasteiger partial charge in [-0.05, 0) is 60.9 Å². The van der Waals surface area contributed by atoms with Gasteiger partial charge in [-0.2, -0.15) is 5.26 Å². The molecule has 1 aliphatic rings. The van der Waals surface area contributed by atoms with Gasteiger partial charge in [0.05, 0.1) is 5.56 Å². The van der Waals surface area contributed by atoms with Crippen LogP contribution in [0.15, 0.2) is 48.5 Å².